The van der Waals surface area contributed by atoms with E-state index in [-0.39, 0.29) is 12.0 Å². The molecular weight excluding hydrogens is 318 g/mol. The number of anilines is 1. The van der Waals surface area contributed by atoms with E-state index in [0.717, 1.165) is 35.6 Å². The third kappa shape index (κ3) is 3.92. The fraction of sp³-hybridized carbons (Fsp3) is 0.733. The molecule has 0 aliphatic heterocycles. The lowest BCUT2D eigenvalue weighted by Gasteiger charge is -2.35. The fourth-order valence-corrected chi connectivity index (χ4v) is 3.15. The van der Waals surface area contributed by atoms with Crippen molar-refractivity contribution >= 4 is 21.7 Å². The minimum absolute atomic E-state index is 0.0215. The first-order chi connectivity index (χ1) is 9.54. The van der Waals surface area contributed by atoms with E-state index in [1.165, 1.54) is 19.3 Å². The lowest BCUT2D eigenvalue weighted by molar-refractivity contribution is 0.0943. The predicted octanol–water partition coefficient (Wildman–Crippen LogP) is 3.72. The summed E-state index contributed by atoms with van der Waals surface area (Å²) >= 11 is 3.44. The van der Waals surface area contributed by atoms with Crippen molar-refractivity contribution in [3.05, 3.63) is 16.5 Å². The fourth-order valence-electron chi connectivity index (χ4n) is 2.75. The second kappa shape index (κ2) is 6.85. The number of aliphatic hydroxyl groups excluding tert-OH is 1. The van der Waals surface area contributed by atoms with Gasteiger partial charge < -0.3 is 10.4 Å². The van der Waals surface area contributed by atoms with Gasteiger partial charge in [-0.3, -0.25) is 0 Å². The third-order valence-corrected chi connectivity index (χ3v) is 4.53. The number of hydrogen-bond donors (Lipinski definition) is 2. The van der Waals surface area contributed by atoms with Crippen molar-refractivity contribution in [2.75, 3.05) is 18.5 Å². The number of rotatable bonds is 5. The molecule has 2 N–H and O–H groups in total. The molecule has 20 heavy (non-hydrogen) atoms. The van der Waals surface area contributed by atoms with Gasteiger partial charge in [-0.25, -0.2) is 9.97 Å². The topological polar surface area (TPSA) is 58.0 Å². The molecule has 0 atom stereocenters. The number of hydrogen-bond acceptors (Lipinski definition) is 4. The summed E-state index contributed by atoms with van der Waals surface area (Å²) in [6.45, 7) is 5.21. The summed E-state index contributed by atoms with van der Waals surface area (Å²) in [7, 11) is 0. The van der Waals surface area contributed by atoms with Gasteiger partial charge in [0.15, 0.2) is 0 Å². The monoisotopic (exact) mass is 341 g/mol. The average molecular weight is 342 g/mol. The molecule has 1 fully saturated rings. The van der Waals surface area contributed by atoms with E-state index in [0.29, 0.717) is 5.92 Å². The molecule has 1 aromatic heterocycles. The summed E-state index contributed by atoms with van der Waals surface area (Å²) in [6, 6.07) is 1.90. The zero-order valence-corrected chi connectivity index (χ0v) is 13.9. The van der Waals surface area contributed by atoms with E-state index in [4.69, 9.17) is 0 Å². The van der Waals surface area contributed by atoms with E-state index >= 15 is 0 Å². The molecule has 0 unspecified atom stereocenters. The van der Waals surface area contributed by atoms with Crippen LogP contribution >= 0.6 is 15.9 Å². The van der Waals surface area contributed by atoms with Crippen LogP contribution in [0, 0.1) is 5.41 Å². The van der Waals surface area contributed by atoms with Crippen LogP contribution in [-0.4, -0.2) is 28.2 Å². The van der Waals surface area contributed by atoms with Crippen molar-refractivity contribution in [3.63, 3.8) is 0 Å². The minimum Gasteiger partial charge on any atom is -0.396 e. The quantitative estimate of drug-likeness (QED) is 0.801. The first-order valence-electron chi connectivity index (χ1n) is 7.44. The Hall–Kier alpha value is -0.680. The number of aromatic nitrogens is 2. The Labute approximate surface area is 129 Å². The Morgan fingerprint density at radius 1 is 1.30 bits per heavy atom. The van der Waals surface area contributed by atoms with Crippen molar-refractivity contribution in [3.8, 4) is 0 Å². The molecular formula is C15H24BrN3O. The van der Waals surface area contributed by atoms with Crippen molar-refractivity contribution in [1.29, 1.82) is 0 Å². The van der Waals surface area contributed by atoms with Crippen LogP contribution in [0.5, 0.6) is 0 Å². The Morgan fingerprint density at radius 2 is 2.00 bits per heavy atom. The lowest BCUT2D eigenvalue weighted by atomic mass is 9.74. The van der Waals surface area contributed by atoms with Gasteiger partial charge in [-0.15, -0.1) is 0 Å². The number of aliphatic hydroxyl groups is 1. The molecule has 1 aliphatic rings. The average Bonchev–Trinajstić information content (AvgIpc) is 2.45. The van der Waals surface area contributed by atoms with Gasteiger partial charge in [-0.2, -0.15) is 0 Å². The van der Waals surface area contributed by atoms with Crippen LogP contribution in [0.25, 0.3) is 0 Å². The highest BCUT2D eigenvalue weighted by atomic mass is 79.9. The van der Waals surface area contributed by atoms with E-state index < -0.39 is 0 Å². The van der Waals surface area contributed by atoms with Gasteiger partial charge in [0.2, 0.25) is 0 Å². The summed E-state index contributed by atoms with van der Waals surface area (Å²) in [5.41, 5.74) is 0.0215. The van der Waals surface area contributed by atoms with Crippen molar-refractivity contribution < 1.29 is 5.11 Å². The maximum atomic E-state index is 9.73. The SMILES string of the molecule is CC(C)c1nc(Br)cc(NCC2(CO)CCCCC2)n1. The minimum atomic E-state index is 0.0215. The Morgan fingerprint density at radius 3 is 2.60 bits per heavy atom. The van der Waals surface area contributed by atoms with Crippen LogP contribution < -0.4 is 5.32 Å². The standard InChI is InChI=1S/C15H24BrN3O/c1-11(2)14-18-12(16)8-13(19-14)17-9-15(10-20)6-4-3-5-7-15/h8,11,20H,3-7,9-10H2,1-2H3,(H,17,18,19). The zero-order chi connectivity index (χ0) is 14.6. The molecule has 0 bridgehead atoms. The van der Waals surface area contributed by atoms with Crippen LogP contribution in [-0.2, 0) is 0 Å². The Kier molecular flexibility index (Phi) is 5.38. The van der Waals surface area contributed by atoms with Gasteiger partial charge in [0.1, 0.15) is 16.2 Å². The van der Waals surface area contributed by atoms with E-state index in [2.05, 4.69) is 45.1 Å². The van der Waals surface area contributed by atoms with Gasteiger partial charge in [0.25, 0.3) is 0 Å². The van der Waals surface area contributed by atoms with E-state index in [1.807, 2.05) is 6.07 Å². The molecule has 0 spiro atoms. The van der Waals surface area contributed by atoms with Gasteiger partial charge in [0, 0.05) is 23.9 Å². The van der Waals surface area contributed by atoms with Crippen LogP contribution in [0.4, 0.5) is 5.82 Å². The number of halogens is 1. The van der Waals surface area contributed by atoms with Crippen molar-refractivity contribution in [2.45, 2.75) is 51.9 Å². The van der Waals surface area contributed by atoms with E-state index in [9.17, 15) is 5.11 Å². The largest absolute Gasteiger partial charge is 0.396 e. The molecule has 0 amide bonds. The molecule has 0 saturated heterocycles. The highest BCUT2D eigenvalue weighted by molar-refractivity contribution is 9.10. The molecule has 2 rings (SSSR count). The summed E-state index contributed by atoms with van der Waals surface area (Å²) < 4.78 is 0.806. The highest BCUT2D eigenvalue weighted by Crippen LogP contribution is 2.36. The normalized spacial score (nSPS) is 18.2. The lowest BCUT2D eigenvalue weighted by Crippen LogP contribution is -2.35. The number of nitrogens with zero attached hydrogens (tertiary/aromatic N) is 2. The van der Waals surface area contributed by atoms with Gasteiger partial charge in [0.05, 0.1) is 6.61 Å². The molecule has 1 saturated carbocycles. The Bertz CT molecular complexity index is 445. The molecule has 0 aromatic carbocycles. The van der Waals surface area contributed by atoms with Crippen LogP contribution in [0.2, 0.25) is 0 Å². The van der Waals surface area contributed by atoms with Crippen LogP contribution in [0.3, 0.4) is 0 Å². The molecule has 5 heteroatoms. The summed E-state index contributed by atoms with van der Waals surface area (Å²) in [5, 5.41) is 13.1. The van der Waals surface area contributed by atoms with Crippen molar-refractivity contribution in [2.24, 2.45) is 5.41 Å². The van der Waals surface area contributed by atoms with Gasteiger partial charge >= 0.3 is 0 Å². The maximum Gasteiger partial charge on any atom is 0.134 e. The smallest absolute Gasteiger partial charge is 0.134 e. The zero-order valence-electron chi connectivity index (χ0n) is 12.3. The Balaban J connectivity index is 2.06. The van der Waals surface area contributed by atoms with Gasteiger partial charge in [-0.1, -0.05) is 33.1 Å². The molecule has 0 radical (unpaired) electrons. The second-order valence-corrected chi connectivity index (χ2v) is 6.97. The first-order valence-corrected chi connectivity index (χ1v) is 8.23. The summed E-state index contributed by atoms with van der Waals surface area (Å²) in [5.74, 6) is 1.98. The van der Waals surface area contributed by atoms with Gasteiger partial charge in [-0.05, 0) is 28.8 Å². The molecule has 1 heterocycles. The summed E-state index contributed by atoms with van der Waals surface area (Å²) in [4.78, 5) is 8.93. The number of nitrogens with one attached hydrogen (secondary N) is 1. The van der Waals surface area contributed by atoms with Crippen LogP contribution in [0.15, 0.2) is 10.7 Å². The molecule has 112 valence electrons. The molecule has 4 nitrogen and oxygen atoms in total. The predicted molar refractivity (Wildman–Crippen MR) is 84.9 cm³/mol. The second-order valence-electron chi connectivity index (χ2n) is 6.16. The maximum absolute atomic E-state index is 9.73. The highest BCUT2D eigenvalue weighted by Gasteiger charge is 2.31. The molecule has 1 aliphatic carbocycles. The first kappa shape index (κ1) is 15.7. The third-order valence-electron chi connectivity index (χ3n) is 4.12. The summed E-state index contributed by atoms with van der Waals surface area (Å²) in [6.07, 6.45) is 5.91. The molecule has 1 aromatic rings. The van der Waals surface area contributed by atoms with Crippen LogP contribution in [0.1, 0.15) is 57.7 Å². The van der Waals surface area contributed by atoms with Crippen molar-refractivity contribution in [1.82, 2.24) is 9.97 Å². The van der Waals surface area contributed by atoms with E-state index in [1.54, 1.807) is 0 Å².